The fourth-order valence-corrected chi connectivity index (χ4v) is 10.5. The molecule has 1 aliphatic carbocycles. The molecule has 3 aliphatic heterocycles. The molecule has 4 aromatic rings. The largest absolute Gasteiger partial charge is 0.496 e. The third kappa shape index (κ3) is 13.0. The molecule has 5 amide bonds. The summed E-state index contributed by atoms with van der Waals surface area (Å²) in [7, 11) is 1.59. The van der Waals surface area contributed by atoms with E-state index in [4.69, 9.17) is 25.8 Å². The number of anilines is 2. The zero-order valence-corrected chi connectivity index (χ0v) is 43.6. The summed E-state index contributed by atoms with van der Waals surface area (Å²) in [6.07, 6.45) is 3.83. The molecule has 396 valence electrons. The molecular formula is C55H65ClF3N7O8. The van der Waals surface area contributed by atoms with Crippen LogP contribution < -0.4 is 20.3 Å². The maximum atomic E-state index is 14.1. The summed E-state index contributed by atoms with van der Waals surface area (Å²) in [4.78, 5) is 78.9. The Bertz CT molecular complexity index is 2820. The number of nitrogens with zero attached hydrogens (tertiary/aromatic N) is 5. The van der Waals surface area contributed by atoms with Crippen molar-refractivity contribution in [3.8, 4) is 5.75 Å². The van der Waals surface area contributed by atoms with Gasteiger partial charge in [-0.1, -0.05) is 17.7 Å². The molecule has 4 heterocycles. The zero-order chi connectivity index (χ0) is 53.1. The molecule has 0 saturated carbocycles. The lowest BCUT2D eigenvalue weighted by Gasteiger charge is -2.35. The second-order valence-electron chi connectivity index (χ2n) is 20.9. The number of halogens is 4. The van der Waals surface area contributed by atoms with Gasteiger partial charge in [-0.05, 0) is 151 Å². The summed E-state index contributed by atoms with van der Waals surface area (Å²) >= 11 is 6.39. The van der Waals surface area contributed by atoms with Crippen LogP contribution in [0.3, 0.4) is 0 Å². The Morgan fingerprint density at radius 2 is 1.59 bits per heavy atom. The lowest BCUT2D eigenvalue weighted by molar-refractivity contribution is -0.138. The number of alkyl halides is 3. The Balaban J connectivity index is 0.809. The minimum Gasteiger partial charge on any atom is -0.496 e. The van der Waals surface area contributed by atoms with Gasteiger partial charge in [0.2, 0.25) is 11.8 Å². The average Bonchev–Trinajstić information content (AvgIpc) is 3.36. The number of aryl methyl sites for hydroxylation is 1. The van der Waals surface area contributed by atoms with Crippen molar-refractivity contribution in [2.24, 2.45) is 17.8 Å². The van der Waals surface area contributed by atoms with Gasteiger partial charge in [0.15, 0.2) is 0 Å². The van der Waals surface area contributed by atoms with Gasteiger partial charge in [-0.2, -0.15) is 13.2 Å². The number of hydrogen-bond acceptors (Lipinski definition) is 11. The minimum atomic E-state index is -4.70. The van der Waals surface area contributed by atoms with Crippen LogP contribution in [-0.4, -0.2) is 108 Å². The summed E-state index contributed by atoms with van der Waals surface area (Å²) in [5.41, 5.74) is 1.40. The maximum absolute atomic E-state index is 14.1. The van der Waals surface area contributed by atoms with Gasteiger partial charge in [0.1, 0.15) is 23.0 Å². The molecular weight excluding hydrogens is 979 g/mol. The van der Waals surface area contributed by atoms with Crippen LogP contribution in [-0.2, 0) is 25.2 Å². The minimum absolute atomic E-state index is 0.128. The van der Waals surface area contributed by atoms with Crippen LogP contribution in [0.4, 0.5) is 29.5 Å². The van der Waals surface area contributed by atoms with E-state index in [2.05, 4.69) is 26.7 Å². The van der Waals surface area contributed by atoms with Crippen molar-refractivity contribution >= 4 is 69.3 Å². The Morgan fingerprint density at radius 1 is 0.878 bits per heavy atom. The number of ether oxygens (including phenoxy) is 3. The number of esters is 1. The summed E-state index contributed by atoms with van der Waals surface area (Å²) in [5.74, 6) is 0.956. The SMILES string of the molecule is COc1cc2nc(C)nc(NC(C)c3cc(C(=O)OC(C)(C)C)cc(C(F)(F)F)c3)c2cc1C1=CCC(C(=O)N2CCC(CCOCC3CCN(C(=O)c4ccc(Cl)c(N5CCC(=O)NC5=O)c4)CC3)CC2)CC1. The molecule has 2 unspecified atom stereocenters. The number of aromatic nitrogens is 2. The Kier molecular flexibility index (Phi) is 16.6. The van der Waals surface area contributed by atoms with Gasteiger partial charge in [-0.25, -0.2) is 19.6 Å². The molecule has 2 atom stereocenters. The molecule has 15 nitrogen and oxygen atoms in total. The van der Waals surface area contributed by atoms with Gasteiger partial charge < -0.3 is 29.3 Å². The second kappa shape index (κ2) is 22.7. The molecule has 4 aliphatic rings. The first kappa shape index (κ1) is 54.0. The van der Waals surface area contributed by atoms with Crippen LogP contribution >= 0.6 is 11.6 Å². The van der Waals surface area contributed by atoms with Crippen molar-refractivity contribution < 1.29 is 51.4 Å². The molecule has 3 saturated heterocycles. The van der Waals surface area contributed by atoms with Crippen molar-refractivity contribution in [3.63, 3.8) is 0 Å². The van der Waals surface area contributed by atoms with Crippen molar-refractivity contribution in [3.05, 3.63) is 93.3 Å². The summed E-state index contributed by atoms with van der Waals surface area (Å²) in [5, 5.41) is 6.55. The molecule has 3 fully saturated rings. The number of carbonyl (C=O) groups is 5. The fourth-order valence-electron chi connectivity index (χ4n) is 10.2. The van der Waals surface area contributed by atoms with Gasteiger partial charge in [0, 0.05) is 80.9 Å². The number of fused-ring (bicyclic) bond motifs is 1. The van der Waals surface area contributed by atoms with E-state index < -0.39 is 35.4 Å². The lowest BCUT2D eigenvalue weighted by Crippen LogP contribution is -2.49. The molecule has 0 spiro atoms. The van der Waals surface area contributed by atoms with Crippen LogP contribution in [0, 0.1) is 24.7 Å². The molecule has 0 bridgehead atoms. The number of benzene rings is 3. The number of imide groups is 1. The van der Waals surface area contributed by atoms with Crippen molar-refractivity contribution in [1.82, 2.24) is 25.1 Å². The number of likely N-dealkylation sites (tertiary alicyclic amines) is 2. The van der Waals surface area contributed by atoms with E-state index in [0.29, 0.717) is 115 Å². The standard InChI is InChI=1S/C55H65ClF3N7O8/c1-32(39-25-40(52(70)74-54(3,4)5)27-41(26-39)55(57,58)59)60-49-43-29-42(47(72-6)30-45(43)61-33(2)62-49)36-7-9-37(10-8-36)50(68)64-19-13-34(14-20-64)18-24-73-31-35-15-21-65(22-16-35)51(69)38-11-12-44(56)46(28-38)66-23-17-48(67)63-53(66)71/h7,11-12,25-30,32,34-35,37H,8-10,13-24,31H2,1-6H3,(H,60,61,62)(H,63,67,71). The molecule has 74 heavy (non-hydrogen) atoms. The van der Waals surface area contributed by atoms with Crippen LogP contribution in [0.2, 0.25) is 5.02 Å². The molecule has 3 aromatic carbocycles. The monoisotopic (exact) mass is 1040 g/mol. The summed E-state index contributed by atoms with van der Waals surface area (Å²) in [6, 6.07) is 10.6. The third-order valence-electron chi connectivity index (χ3n) is 14.4. The maximum Gasteiger partial charge on any atom is 0.416 e. The van der Waals surface area contributed by atoms with Gasteiger partial charge in [0.05, 0.1) is 40.5 Å². The first-order valence-corrected chi connectivity index (χ1v) is 25.9. The van der Waals surface area contributed by atoms with Crippen molar-refractivity contribution in [2.75, 3.05) is 63.3 Å². The van der Waals surface area contributed by atoms with E-state index in [1.165, 1.54) is 11.0 Å². The molecule has 2 N–H and O–H groups in total. The Labute approximate surface area is 434 Å². The normalized spacial score (nSPS) is 18.8. The van der Waals surface area contributed by atoms with Crippen molar-refractivity contribution in [2.45, 2.75) is 110 Å². The lowest BCUT2D eigenvalue weighted by atomic mass is 9.84. The van der Waals surface area contributed by atoms with E-state index in [1.807, 2.05) is 21.9 Å². The Morgan fingerprint density at radius 3 is 2.26 bits per heavy atom. The highest BCUT2D eigenvalue weighted by Crippen LogP contribution is 2.41. The summed E-state index contributed by atoms with van der Waals surface area (Å²) < 4.78 is 59.8. The van der Waals surface area contributed by atoms with Gasteiger partial charge in [0.25, 0.3) is 5.91 Å². The number of nitrogens with one attached hydrogen (secondary N) is 2. The highest BCUT2D eigenvalue weighted by atomic mass is 35.5. The predicted octanol–water partition coefficient (Wildman–Crippen LogP) is 10.6. The van der Waals surface area contributed by atoms with Gasteiger partial charge in [-0.3, -0.25) is 24.6 Å². The van der Waals surface area contributed by atoms with Crippen LogP contribution in [0.15, 0.2) is 54.6 Å². The smallest absolute Gasteiger partial charge is 0.416 e. The van der Waals surface area contributed by atoms with Gasteiger partial charge >= 0.3 is 18.2 Å². The van der Waals surface area contributed by atoms with Gasteiger partial charge in [-0.15, -0.1) is 0 Å². The number of carbonyl (C=O) groups excluding carboxylic acids is 5. The first-order valence-electron chi connectivity index (χ1n) is 25.5. The van der Waals surface area contributed by atoms with Crippen LogP contribution in [0.1, 0.15) is 135 Å². The topological polar surface area (TPSA) is 173 Å². The number of hydrogen-bond donors (Lipinski definition) is 2. The second-order valence-corrected chi connectivity index (χ2v) is 21.3. The van der Waals surface area contributed by atoms with E-state index in [0.717, 1.165) is 55.4 Å². The van der Waals surface area contributed by atoms with E-state index in [1.54, 1.807) is 59.9 Å². The van der Waals surface area contributed by atoms with E-state index >= 15 is 0 Å². The Hall–Kier alpha value is -6.27. The fraction of sp³-hybridized carbons (Fsp3) is 0.509. The number of piperidine rings is 2. The average molecular weight is 1040 g/mol. The number of allylic oxidation sites excluding steroid dienone is 2. The number of rotatable bonds is 14. The molecule has 1 aromatic heterocycles. The quantitative estimate of drug-likeness (QED) is 0.0909. The highest BCUT2D eigenvalue weighted by Gasteiger charge is 2.35. The highest BCUT2D eigenvalue weighted by molar-refractivity contribution is 6.34. The first-order chi connectivity index (χ1) is 35.1. The number of methoxy groups -OCH3 is 1. The van der Waals surface area contributed by atoms with E-state index in [9.17, 15) is 37.1 Å². The predicted molar refractivity (Wildman–Crippen MR) is 275 cm³/mol. The van der Waals surface area contributed by atoms with E-state index in [-0.39, 0.29) is 47.7 Å². The van der Waals surface area contributed by atoms with Crippen molar-refractivity contribution in [1.29, 1.82) is 0 Å². The van der Waals surface area contributed by atoms with Crippen LogP contribution in [0.25, 0.3) is 16.5 Å². The zero-order valence-electron chi connectivity index (χ0n) is 42.8. The number of amides is 5. The number of urea groups is 1. The third-order valence-corrected chi connectivity index (χ3v) is 14.7. The molecule has 0 radical (unpaired) electrons. The summed E-state index contributed by atoms with van der Waals surface area (Å²) in [6.45, 7) is 12.5. The molecule has 8 rings (SSSR count). The molecule has 19 heteroatoms. The van der Waals surface area contributed by atoms with Crippen LogP contribution in [0.5, 0.6) is 5.75 Å².